The number of hydrogen-bond acceptors (Lipinski definition) is 4. The molecule has 1 unspecified atom stereocenters. The standard InChI is InChI=1S/C26H31NO3/c1-15-13-26(5,6)27-17-12-11-16-22-19(29-7)9-8-10-20(22)30-24(23(16)21(15)17)18(28)14-25(2,3)4/h8-13,24,27H,14H2,1-7H3. The van der Waals surface area contributed by atoms with Crippen molar-refractivity contribution in [2.75, 3.05) is 12.4 Å². The third-order valence-corrected chi connectivity index (χ3v) is 5.66. The molecule has 4 nitrogen and oxygen atoms in total. The molecule has 0 bridgehead atoms. The highest BCUT2D eigenvalue weighted by Crippen LogP contribution is 2.52. The van der Waals surface area contributed by atoms with Crippen LogP contribution in [-0.2, 0) is 4.79 Å². The van der Waals surface area contributed by atoms with Crippen molar-refractivity contribution in [3.63, 3.8) is 0 Å². The monoisotopic (exact) mass is 405 g/mol. The summed E-state index contributed by atoms with van der Waals surface area (Å²) in [6.45, 7) is 12.7. The molecule has 0 aromatic heterocycles. The van der Waals surface area contributed by atoms with E-state index in [1.807, 2.05) is 18.2 Å². The van der Waals surface area contributed by atoms with Crippen LogP contribution in [0, 0.1) is 5.41 Å². The molecule has 0 saturated carbocycles. The lowest BCUT2D eigenvalue weighted by molar-refractivity contribution is -0.128. The van der Waals surface area contributed by atoms with Crippen molar-refractivity contribution in [1.29, 1.82) is 0 Å². The molecule has 0 spiro atoms. The van der Waals surface area contributed by atoms with Crippen molar-refractivity contribution in [2.45, 2.75) is 59.6 Å². The number of carbonyl (C=O) groups excluding carboxylic acids is 1. The highest BCUT2D eigenvalue weighted by molar-refractivity contribution is 5.97. The highest BCUT2D eigenvalue weighted by atomic mass is 16.5. The molecule has 0 radical (unpaired) electrons. The molecule has 2 aromatic rings. The number of fused-ring (bicyclic) bond motifs is 5. The summed E-state index contributed by atoms with van der Waals surface area (Å²) in [6, 6.07) is 9.96. The third-order valence-electron chi connectivity index (χ3n) is 5.66. The highest BCUT2D eigenvalue weighted by Gasteiger charge is 2.38. The Morgan fingerprint density at radius 3 is 2.57 bits per heavy atom. The number of nitrogens with one attached hydrogen (secondary N) is 1. The maximum atomic E-state index is 13.5. The van der Waals surface area contributed by atoms with Gasteiger partial charge in [-0.05, 0) is 55.5 Å². The first-order chi connectivity index (χ1) is 14.0. The molecule has 2 aliphatic rings. The van der Waals surface area contributed by atoms with Crippen LogP contribution in [0.15, 0.2) is 36.4 Å². The van der Waals surface area contributed by atoms with Crippen LogP contribution < -0.4 is 14.8 Å². The smallest absolute Gasteiger partial charge is 0.183 e. The second-order valence-electron chi connectivity index (χ2n) is 10.2. The fraction of sp³-hybridized carbons (Fsp3) is 0.423. The Morgan fingerprint density at radius 2 is 1.90 bits per heavy atom. The fourth-order valence-corrected chi connectivity index (χ4v) is 4.71. The van der Waals surface area contributed by atoms with E-state index in [-0.39, 0.29) is 16.7 Å². The van der Waals surface area contributed by atoms with E-state index in [1.165, 1.54) is 0 Å². The van der Waals surface area contributed by atoms with E-state index in [4.69, 9.17) is 9.47 Å². The van der Waals surface area contributed by atoms with Crippen LogP contribution in [0.1, 0.15) is 65.2 Å². The average Bonchev–Trinajstić information content (AvgIpc) is 2.63. The summed E-state index contributed by atoms with van der Waals surface area (Å²) in [4.78, 5) is 13.5. The maximum Gasteiger partial charge on any atom is 0.183 e. The van der Waals surface area contributed by atoms with E-state index in [9.17, 15) is 4.79 Å². The second-order valence-corrected chi connectivity index (χ2v) is 10.2. The van der Waals surface area contributed by atoms with Crippen molar-refractivity contribution in [1.82, 2.24) is 0 Å². The van der Waals surface area contributed by atoms with Gasteiger partial charge in [-0.25, -0.2) is 0 Å². The van der Waals surface area contributed by atoms with Crippen LogP contribution in [0.3, 0.4) is 0 Å². The molecule has 2 aromatic carbocycles. The lowest BCUT2D eigenvalue weighted by Crippen LogP contribution is -2.33. The van der Waals surface area contributed by atoms with Crippen molar-refractivity contribution >= 4 is 17.0 Å². The van der Waals surface area contributed by atoms with Gasteiger partial charge >= 0.3 is 0 Å². The molecule has 1 N–H and O–H groups in total. The Labute approximate surface area is 179 Å². The number of allylic oxidation sites excluding steroid dienone is 1. The van der Waals surface area contributed by atoms with Gasteiger partial charge in [-0.2, -0.15) is 0 Å². The molecule has 1 atom stereocenters. The van der Waals surface area contributed by atoms with Crippen LogP contribution in [0.5, 0.6) is 11.5 Å². The molecule has 4 rings (SSSR count). The number of methoxy groups -OCH3 is 1. The van der Waals surface area contributed by atoms with E-state index in [0.29, 0.717) is 12.2 Å². The summed E-state index contributed by atoms with van der Waals surface area (Å²) in [5.41, 5.74) is 5.85. The molecule has 0 saturated heterocycles. The van der Waals surface area contributed by atoms with Crippen LogP contribution in [0.2, 0.25) is 0 Å². The Hall–Kier alpha value is -2.75. The summed E-state index contributed by atoms with van der Waals surface area (Å²) in [7, 11) is 1.67. The number of ketones is 1. The van der Waals surface area contributed by atoms with E-state index in [1.54, 1.807) is 7.11 Å². The van der Waals surface area contributed by atoms with Gasteiger partial charge in [0.05, 0.1) is 18.2 Å². The van der Waals surface area contributed by atoms with Crippen molar-refractivity contribution in [3.8, 4) is 22.6 Å². The van der Waals surface area contributed by atoms with E-state index in [0.717, 1.165) is 39.3 Å². The average molecular weight is 406 g/mol. The zero-order valence-corrected chi connectivity index (χ0v) is 19.0. The summed E-state index contributed by atoms with van der Waals surface area (Å²) < 4.78 is 12.0. The van der Waals surface area contributed by atoms with Gasteiger partial charge in [0.1, 0.15) is 11.5 Å². The third kappa shape index (κ3) is 3.49. The number of ether oxygens (including phenoxy) is 2. The molecule has 0 fully saturated rings. The van der Waals surface area contributed by atoms with Gasteiger partial charge in [0.2, 0.25) is 0 Å². The largest absolute Gasteiger partial charge is 0.496 e. The van der Waals surface area contributed by atoms with Gasteiger partial charge in [0.25, 0.3) is 0 Å². The fourth-order valence-electron chi connectivity index (χ4n) is 4.71. The maximum absolute atomic E-state index is 13.5. The van der Waals surface area contributed by atoms with Crippen LogP contribution >= 0.6 is 0 Å². The summed E-state index contributed by atoms with van der Waals surface area (Å²) in [5, 5.41) is 3.60. The molecule has 0 amide bonds. The molecule has 2 heterocycles. The van der Waals surface area contributed by atoms with Crippen LogP contribution in [0.4, 0.5) is 5.69 Å². The number of benzene rings is 2. The predicted molar refractivity (Wildman–Crippen MR) is 122 cm³/mol. The number of carbonyl (C=O) groups is 1. The van der Waals surface area contributed by atoms with Gasteiger partial charge in [0.15, 0.2) is 11.9 Å². The van der Waals surface area contributed by atoms with E-state index < -0.39 is 6.10 Å². The van der Waals surface area contributed by atoms with Crippen LogP contribution in [-0.4, -0.2) is 18.4 Å². The van der Waals surface area contributed by atoms with Gasteiger partial charge in [-0.1, -0.05) is 39.0 Å². The van der Waals surface area contributed by atoms with Gasteiger partial charge < -0.3 is 14.8 Å². The number of anilines is 1. The second kappa shape index (κ2) is 6.90. The predicted octanol–water partition coefficient (Wildman–Crippen LogP) is 6.41. The minimum atomic E-state index is -0.639. The molecular weight excluding hydrogens is 374 g/mol. The Morgan fingerprint density at radius 1 is 1.17 bits per heavy atom. The quantitative estimate of drug-likeness (QED) is 0.641. The van der Waals surface area contributed by atoms with Crippen molar-refractivity contribution < 1.29 is 14.3 Å². The van der Waals surface area contributed by atoms with E-state index in [2.05, 4.69) is 65.1 Å². The zero-order valence-electron chi connectivity index (χ0n) is 19.0. The lowest BCUT2D eigenvalue weighted by atomic mass is 9.79. The van der Waals surface area contributed by atoms with Gasteiger partial charge in [-0.3, -0.25) is 4.79 Å². The number of hydrogen-bond donors (Lipinski definition) is 1. The molecule has 2 aliphatic heterocycles. The first-order valence-corrected chi connectivity index (χ1v) is 10.5. The molecular formula is C26H31NO3. The summed E-state index contributed by atoms with van der Waals surface area (Å²) in [6.07, 6.45) is 2.03. The van der Waals surface area contributed by atoms with Crippen molar-refractivity contribution in [2.24, 2.45) is 5.41 Å². The minimum Gasteiger partial charge on any atom is -0.496 e. The van der Waals surface area contributed by atoms with Crippen LogP contribution in [0.25, 0.3) is 16.7 Å². The topological polar surface area (TPSA) is 47.6 Å². The molecule has 4 heteroatoms. The molecule has 158 valence electrons. The van der Waals surface area contributed by atoms with Gasteiger partial charge in [0, 0.05) is 23.2 Å². The van der Waals surface area contributed by atoms with E-state index >= 15 is 0 Å². The SMILES string of the molecule is COc1cccc2c1-c1ccc3c(c1C(C(=O)CC(C)(C)C)O2)C(C)=CC(C)(C)N3. The number of rotatable bonds is 3. The number of Topliss-reactive ketones (excluding diaryl/α,β-unsaturated/α-hetero) is 1. The Kier molecular flexibility index (Phi) is 4.72. The Balaban J connectivity index is 1.98. The summed E-state index contributed by atoms with van der Waals surface area (Å²) in [5.74, 6) is 1.55. The van der Waals surface area contributed by atoms with Crippen molar-refractivity contribution in [3.05, 3.63) is 47.5 Å². The molecule has 0 aliphatic carbocycles. The normalized spacial score (nSPS) is 18.8. The lowest BCUT2D eigenvalue weighted by Gasteiger charge is -2.37. The first-order valence-electron chi connectivity index (χ1n) is 10.5. The van der Waals surface area contributed by atoms with Gasteiger partial charge in [-0.15, -0.1) is 0 Å². The summed E-state index contributed by atoms with van der Waals surface area (Å²) >= 11 is 0. The molecule has 30 heavy (non-hydrogen) atoms. The minimum absolute atomic E-state index is 0.100. The zero-order chi connectivity index (χ0) is 21.8. The first kappa shape index (κ1) is 20.5. The Bertz CT molecular complexity index is 1060.